The highest BCUT2D eigenvalue weighted by atomic mass is 15.0. The zero-order valence-electron chi connectivity index (χ0n) is 32.5. The molecule has 0 spiro atoms. The zero-order valence-corrected chi connectivity index (χ0v) is 32.5. The summed E-state index contributed by atoms with van der Waals surface area (Å²) >= 11 is 0. The Morgan fingerprint density at radius 1 is 0.508 bits per heavy atom. The minimum atomic E-state index is -0.687. The first-order valence-corrected chi connectivity index (χ1v) is 20.6. The highest BCUT2D eigenvalue weighted by Gasteiger charge is 2.55. The number of allylic oxidation sites excluding steroid dienone is 2. The molecular formula is C57H37N2+. The summed E-state index contributed by atoms with van der Waals surface area (Å²) in [4.78, 5) is 0. The van der Waals surface area contributed by atoms with Crippen LogP contribution >= 0.6 is 0 Å². The van der Waals surface area contributed by atoms with Gasteiger partial charge in [0.1, 0.15) is 0 Å². The second-order valence-corrected chi connectivity index (χ2v) is 16.1. The third kappa shape index (κ3) is 4.17. The molecule has 0 bridgehead atoms. The van der Waals surface area contributed by atoms with Crippen LogP contribution in [0.2, 0.25) is 0 Å². The van der Waals surface area contributed by atoms with Gasteiger partial charge in [-0.25, -0.2) is 0 Å². The predicted octanol–water partition coefficient (Wildman–Crippen LogP) is 14.3. The fraction of sp³-hybridized carbons (Fsp3) is 0.0351. The Hall–Kier alpha value is -7.55. The molecule has 1 aliphatic carbocycles. The van der Waals surface area contributed by atoms with E-state index in [2.05, 4.69) is 222 Å². The van der Waals surface area contributed by atoms with Crippen LogP contribution < -0.4 is 4.58 Å². The van der Waals surface area contributed by atoms with Crippen molar-refractivity contribution in [1.29, 1.82) is 0 Å². The lowest BCUT2D eigenvalue weighted by Gasteiger charge is -2.38. The summed E-state index contributed by atoms with van der Waals surface area (Å²) in [7, 11) is 0. The lowest BCUT2D eigenvalue weighted by molar-refractivity contribution is 0.821. The molecule has 10 aromatic rings. The molecule has 13 rings (SSSR count). The Balaban J connectivity index is 1.29. The number of hydrogen-bond acceptors (Lipinski definition) is 0. The molecule has 9 aromatic carbocycles. The van der Waals surface area contributed by atoms with Gasteiger partial charge in [-0.1, -0.05) is 158 Å². The van der Waals surface area contributed by atoms with Crippen LogP contribution in [0.25, 0.3) is 77.2 Å². The second-order valence-electron chi connectivity index (χ2n) is 16.1. The molecule has 1 unspecified atom stereocenters. The van der Waals surface area contributed by atoms with Crippen LogP contribution in [0.5, 0.6) is 0 Å². The van der Waals surface area contributed by atoms with Gasteiger partial charge in [0.05, 0.1) is 27.7 Å². The Morgan fingerprint density at radius 3 is 2.14 bits per heavy atom. The molecule has 3 aliphatic rings. The van der Waals surface area contributed by atoms with Crippen LogP contribution in [-0.2, 0) is 5.41 Å². The van der Waals surface area contributed by atoms with E-state index in [0.717, 1.165) is 5.69 Å². The number of hydrogen-bond donors (Lipinski definition) is 0. The van der Waals surface area contributed by atoms with Crippen molar-refractivity contribution in [3.63, 3.8) is 0 Å². The van der Waals surface area contributed by atoms with E-state index in [0.29, 0.717) is 0 Å². The Labute approximate surface area is 342 Å². The first-order chi connectivity index (χ1) is 29.3. The van der Waals surface area contributed by atoms with E-state index in [-0.39, 0.29) is 0 Å². The number of para-hydroxylation sites is 2. The van der Waals surface area contributed by atoms with Crippen molar-refractivity contribution in [2.75, 3.05) is 0 Å². The van der Waals surface area contributed by atoms with Gasteiger partial charge in [0, 0.05) is 51.2 Å². The minimum absolute atomic E-state index is 0.687. The SMILES string of the molecule is C/C=C1\c2ccccc2/C=[N+](/c2cccc(-c3ccccc3)c2)c2ccc3c4c2C1(c1cccc2ccccc12)c1ccc2c5ccccc5n(c2c1-4)-c1ccccc1-3. The van der Waals surface area contributed by atoms with Crippen LogP contribution in [0, 0.1) is 0 Å². The van der Waals surface area contributed by atoms with Crippen molar-refractivity contribution in [2.45, 2.75) is 12.3 Å². The minimum Gasteiger partial charge on any atom is -0.308 e. The van der Waals surface area contributed by atoms with Crippen molar-refractivity contribution < 1.29 is 0 Å². The molecular weight excluding hydrogens is 713 g/mol. The average molecular weight is 750 g/mol. The van der Waals surface area contributed by atoms with Gasteiger partial charge in [-0.05, 0) is 80.9 Å². The summed E-state index contributed by atoms with van der Waals surface area (Å²) in [5.41, 5.74) is 20.6. The van der Waals surface area contributed by atoms with E-state index >= 15 is 0 Å². The van der Waals surface area contributed by atoms with Gasteiger partial charge in [0.15, 0.2) is 6.21 Å². The third-order valence-electron chi connectivity index (χ3n) is 13.4. The van der Waals surface area contributed by atoms with Gasteiger partial charge in [0.2, 0.25) is 11.4 Å². The van der Waals surface area contributed by atoms with Gasteiger partial charge < -0.3 is 4.57 Å². The average Bonchev–Trinajstić information content (AvgIpc) is 3.75. The number of benzene rings is 9. The van der Waals surface area contributed by atoms with E-state index in [1.807, 2.05) is 0 Å². The van der Waals surface area contributed by atoms with Gasteiger partial charge in [-0.2, -0.15) is 4.58 Å². The van der Waals surface area contributed by atoms with Crippen molar-refractivity contribution in [2.24, 2.45) is 0 Å². The van der Waals surface area contributed by atoms with Crippen LogP contribution in [0.15, 0.2) is 200 Å². The summed E-state index contributed by atoms with van der Waals surface area (Å²) in [6.45, 7) is 2.25. The number of rotatable bonds is 3. The zero-order chi connectivity index (χ0) is 38.8. The second kappa shape index (κ2) is 12.0. The monoisotopic (exact) mass is 749 g/mol. The number of aromatic nitrogens is 1. The van der Waals surface area contributed by atoms with E-state index in [1.54, 1.807) is 0 Å². The molecule has 59 heavy (non-hydrogen) atoms. The molecule has 2 nitrogen and oxygen atoms in total. The smallest absolute Gasteiger partial charge is 0.216 e. The van der Waals surface area contributed by atoms with Gasteiger partial charge in [-0.3, -0.25) is 0 Å². The van der Waals surface area contributed by atoms with E-state index in [1.165, 1.54) is 111 Å². The molecule has 3 heterocycles. The van der Waals surface area contributed by atoms with Crippen LogP contribution in [-0.4, -0.2) is 10.8 Å². The number of fused-ring (bicyclic) bond motifs is 9. The molecule has 0 N–H and O–H groups in total. The first kappa shape index (κ1) is 32.5. The molecule has 1 aromatic heterocycles. The van der Waals surface area contributed by atoms with Crippen LogP contribution in [0.4, 0.5) is 11.4 Å². The highest BCUT2D eigenvalue weighted by Crippen LogP contribution is 2.67. The van der Waals surface area contributed by atoms with Crippen LogP contribution in [0.3, 0.4) is 0 Å². The van der Waals surface area contributed by atoms with Crippen molar-refractivity contribution in [1.82, 2.24) is 9.14 Å². The molecule has 0 saturated heterocycles. The van der Waals surface area contributed by atoms with Crippen molar-refractivity contribution in [3.05, 3.63) is 228 Å². The van der Waals surface area contributed by atoms with E-state index < -0.39 is 5.41 Å². The highest BCUT2D eigenvalue weighted by molar-refractivity contribution is 6.21. The fourth-order valence-corrected chi connectivity index (χ4v) is 11.1. The predicted molar refractivity (Wildman–Crippen MR) is 248 cm³/mol. The lowest BCUT2D eigenvalue weighted by atomic mass is 9.63. The molecule has 0 amide bonds. The molecule has 2 aliphatic heterocycles. The molecule has 0 fully saturated rings. The summed E-state index contributed by atoms with van der Waals surface area (Å²) in [6.07, 6.45) is 4.79. The van der Waals surface area contributed by atoms with Gasteiger partial charge in [-0.15, -0.1) is 0 Å². The maximum atomic E-state index is 2.57. The van der Waals surface area contributed by atoms with Crippen molar-refractivity contribution in [3.8, 4) is 39.1 Å². The summed E-state index contributed by atoms with van der Waals surface area (Å²) in [5, 5.41) is 5.06. The topological polar surface area (TPSA) is 7.94 Å². The Bertz CT molecular complexity index is 3500. The Kier molecular flexibility index (Phi) is 6.61. The molecule has 0 saturated carbocycles. The summed E-state index contributed by atoms with van der Waals surface area (Å²) < 4.78 is 5.06. The third-order valence-corrected chi connectivity index (χ3v) is 13.4. The fourth-order valence-electron chi connectivity index (χ4n) is 11.1. The maximum absolute atomic E-state index is 2.57. The summed E-state index contributed by atoms with van der Waals surface area (Å²) in [5.74, 6) is 0. The molecule has 0 radical (unpaired) electrons. The van der Waals surface area contributed by atoms with Gasteiger partial charge in [0.25, 0.3) is 0 Å². The molecule has 1 atom stereocenters. The molecule has 2 heteroatoms. The lowest BCUT2D eigenvalue weighted by Crippen LogP contribution is -2.32. The number of nitrogens with zero attached hydrogens (tertiary/aromatic N) is 2. The maximum Gasteiger partial charge on any atom is 0.216 e. The standard InChI is InChI=1S/C57H37N2/c1-2-47-42-24-9-7-19-39(42)35-58(40-22-14-21-38(34-40)36-16-4-3-5-17-36)52-33-31-45-43-25-10-12-28-50(43)59-51-29-13-11-26-44(51)46-30-32-49-54(56(46)59)53(45)55(52)57(47,49)48-27-15-20-37-18-6-8-23-41(37)48/h2-35H,1H3/q+1/b47-2+,58-35-. The van der Waals surface area contributed by atoms with Gasteiger partial charge >= 0.3 is 0 Å². The van der Waals surface area contributed by atoms with Crippen molar-refractivity contribution >= 4 is 55.7 Å². The van der Waals surface area contributed by atoms with E-state index in [4.69, 9.17) is 0 Å². The first-order valence-electron chi connectivity index (χ1n) is 20.6. The van der Waals surface area contributed by atoms with Crippen LogP contribution in [0.1, 0.15) is 34.7 Å². The normalized spacial score (nSPS) is 17.3. The summed E-state index contributed by atoms with van der Waals surface area (Å²) in [6, 6.07) is 72.5. The Morgan fingerprint density at radius 2 is 1.24 bits per heavy atom. The van der Waals surface area contributed by atoms with E-state index in [9.17, 15) is 0 Å². The molecule has 274 valence electrons. The quantitative estimate of drug-likeness (QED) is 0.159. The largest absolute Gasteiger partial charge is 0.308 e.